The van der Waals surface area contributed by atoms with Gasteiger partial charge in [-0.05, 0) is 0 Å². The third-order valence-corrected chi connectivity index (χ3v) is 0. The normalized spacial score (nSPS) is 1.85. The van der Waals surface area contributed by atoms with Gasteiger partial charge in [0.1, 0.15) is 5.40 Å². The maximum absolute atomic E-state index is 7.18. The van der Waals surface area contributed by atoms with E-state index in [0.717, 1.165) is 0 Å². The molecule has 0 radical (unpaired) electrons. The average Bonchev–Trinajstić information content (AvgIpc) is 1.70. The number of hydrogen-bond donors (Lipinski definition) is 1. The third kappa shape index (κ3) is 272. The fourth-order valence-corrected chi connectivity index (χ4v) is 0. The van der Waals surface area contributed by atoms with Gasteiger partial charge in [-0.1, -0.05) is 12.6 Å². The van der Waals surface area contributed by atoms with Crippen LogP contribution in [0.5, 0.6) is 0 Å². The molecule has 0 rings (SSSR count). The zero-order valence-electron chi connectivity index (χ0n) is 10.6. The minimum Gasteiger partial charge on any atom is -1.00 e. The molecule has 0 aromatic heterocycles. The van der Waals surface area contributed by atoms with Crippen molar-refractivity contribution in [2.45, 2.75) is 0 Å². The Kier molecular flexibility index (Phi) is 276. The molecule has 0 spiro atoms. The van der Waals surface area contributed by atoms with Gasteiger partial charge in [-0.2, -0.15) is 18.8 Å². The molecule has 0 N–H and O–H groups in total. The molecule has 62 valence electrons. The van der Waals surface area contributed by atoms with E-state index in [1.807, 2.05) is 0 Å². The van der Waals surface area contributed by atoms with Crippen LogP contribution < -0.4 is 132 Å². The molecule has 0 saturated carbocycles. The van der Waals surface area contributed by atoms with Crippen LogP contribution in [-0.4, -0.2) is 0 Å². The van der Waals surface area contributed by atoms with E-state index in [0.29, 0.717) is 0 Å². The zero-order chi connectivity index (χ0) is 8.12. The van der Waals surface area contributed by atoms with Crippen molar-refractivity contribution in [2.24, 2.45) is 0 Å². The molecule has 13 heavy (non-hydrogen) atoms. The van der Waals surface area contributed by atoms with Gasteiger partial charge in [-0.25, -0.2) is 0 Å². The topological polar surface area (TPSA) is 141 Å². The largest absolute Gasteiger partial charge is 1.00 e. The Morgan fingerprint density at radius 2 is 1.08 bits per heavy atom. The van der Waals surface area contributed by atoms with Crippen molar-refractivity contribution < 1.29 is 137 Å². The van der Waals surface area contributed by atoms with Gasteiger partial charge >= 0.3 is 132 Å². The van der Waals surface area contributed by atoms with E-state index in [-0.39, 0.29) is 150 Å². The van der Waals surface area contributed by atoms with Crippen molar-refractivity contribution in [2.75, 3.05) is 0 Å². The summed E-state index contributed by atoms with van der Waals surface area (Å²) < 4.78 is 0. The zero-order valence-corrected chi connectivity index (χ0v) is 17.7. The molecule has 0 aliphatic rings. The van der Waals surface area contributed by atoms with Gasteiger partial charge in [0.05, 0.1) is 0 Å². The molecule has 0 aromatic rings. The van der Waals surface area contributed by atoms with E-state index >= 15 is 0 Å². The number of thiocyanates is 1. The molecule has 0 aliphatic carbocycles. The Labute approximate surface area is 200 Å². The van der Waals surface area contributed by atoms with Gasteiger partial charge in [0.25, 0.3) is 0 Å². The summed E-state index contributed by atoms with van der Waals surface area (Å²) in [5.41, 5.74) is 27.0. The van der Waals surface area contributed by atoms with E-state index in [1.165, 1.54) is 15.2 Å². The monoisotopic (exact) mass is 281 g/mol. The minimum absolute atomic E-state index is 0. The molecule has 0 bridgehead atoms. The predicted octanol–water partition coefficient (Wildman–Crippen LogP) is -6.41. The summed E-state index contributed by atoms with van der Waals surface area (Å²) in [5.74, 6) is 0. The molecule has 0 unspecified atom stereocenters. The summed E-state index contributed by atoms with van der Waals surface area (Å²) in [6, 6.07) is 0. The minimum atomic E-state index is 0. The van der Waals surface area contributed by atoms with Crippen molar-refractivity contribution in [3.63, 3.8) is 0 Å². The Morgan fingerprint density at radius 1 is 1.08 bits per heavy atom. The second-order valence-electron chi connectivity index (χ2n) is 0.279. The molecule has 7 nitrogen and oxygen atoms in total. The smallest absolute Gasteiger partial charge is 1.00 e. The SMILES string of the molecule is N#CS.S.[H-].[H-].[H-].[K+].[K+].[N-]=[N+]=[N-].[N-]=[N+]=[N-].[Na+]. The number of hydrogen-bond acceptors (Lipinski definition) is 2. The van der Waals surface area contributed by atoms with Gasteiger partial charge in [0.15, 0.2) is 0 Å². The van der Waals surface area contributed by atoms with E-state index < -0.39 is 0 Å². The van der Waals surface area contributed by atoms with Gasteiger partial charge in [-0.15, -0.1) is 0 Å². The first kappa shape index (κ1) is 44.3. The first-order chi connectivity index (χ1) is 4.24. The second-order valence-corrected chi connectivity index (χ2v) is 0.479. The molecular weight excluding hydrogens is 275 g/mol. The Hall–Kier alpha value is 3.08. The second kappa shape index (κ2) is 80.8. The van der Waals surface area contributed by atoms with Crippen LogP contribution in [0.2, 0.25) is 0 Å². The first-order valence-corrected chi connectivity index (χ1v) is 1.69. The summed E-state index contributed by atoms with van der Waals surface area (Å²) in [7, 11) is 0. The Bertz CT molecular complexity index is 144. The Balaban J connectivity index is -0.00000000346. The first-order valence-electron chi connectivity index (χ1n) is 1.25. The standard InChI is InChI=1S/CHNS.2K.2N3.Na.H2S.3H/c2-1-3;;;2*1-3-2;;;;;/h3H;;;;;;1H2;;;/q;2*+1;2*-1;+1;;3*-1. The number of nitrogens with zero attached hydrogens (tertiary/aromatic N) is 7. The van der Waals surface area contributed by atoms with Crippen LogP contribution in [0.3, 0.4) is 0 Å². The van der Waals surface area contributed by atoms with Crippen molar-refractivity contribution >= 4 is 26.1 Å². The number of nitriles is 1. The van der Waals surface area contributed by atoms with Crippen LogP contribution in [0.25, 0.3) is 31.9 Å². The summed E-state index contributed by atoms with van der Waals surface area (Å²) in [6.45, 7) is 0. The summed E-state index contributed by atoms with van der Waals surface area (Å²) in [6.07, 6.45) is 0. The van der Waals surface area contributed by atoms with E-state index in [1.54, 1.807) is 0 Å². The molecule has 0 aliphatic heterocycles. The fourth-order valence-electron chi connectivity index (χ4n) is 0. The van der Waals surface area contributed by atoms with Crippen LogP contribution in [0.15, 0.2) is 0 Å². The number of thiol groups is 1. The maximum atomic E-state index is 7.18. The van der Waals surface area contributed by atoms with Crippen molar-refractivity contribution in [3.05, 3.63) is 31.9 Å². The molecule has 0 amide bonds. The van der Waals surface area contributed by atoms with Crippen molar-refractivity contribution in [1.29, 1.82) is 5.26 Å². The van der Waals surface area contributed by atoms with E-state index in [4.69, 9.17) is 27.4 Å². The molecule has 12 heteroatoms. The van der Waals surface area contributed by atoms with Crippen LogP contribution in [-0.2, 0) is 0 Å². The quantitative estimate of drug-likeness (QED) is 0.116. The van der Waals surface area contributed by atoms with Crippen LogP contribution in [0, 0.1) is 10.7 Å². The average molecular weight is 281 g/mol. The molecule has 0 fully saturated rings. The van der Waals surface area contributed by atoms with Crippen LogP contribution >= 0.6 is 26.1 Å². The molecule has 0 saturated heterocycles. The van der Waals surface area contributed by atoms with Gasteiger partial charge in [-0.3, -0.25) is 9.82 Å². The number of rotatable bonds is 0. The fraction of sp³-hybridized carbons (Fsp3) is 0. The van der Waals surface area contributed by atoms with E-state index in [2.05, 4.69) is 12.6 Å². The van der Waals surface area contributed by atoms with Crippen molar-refractivity contribution in [1.82, 2.24) is 0 Å². The van der Waals surface area contributed by atoms with Crippen molar-refractivity contribution in [3.8, 4) is 5.40 Å². The van der Waals surface area contributed by atoms with Gasteiger partial charge in [0, 0.05) is 0 Å². The molecule has 0 heterocycles. The third-order valence-electron chi connectivity index (χ3n) is 0. The van der Waals surface area contributed by atoms with Crippen LogP contribution in [0.1, 0.15) is 4.28 Å². The molecular formula is CH6K2N7NaS2-2. The maximum Gasteiger partial charge on any atom is 1.00 e. The van der Waals surface area contributed by atoms with E-state index in [9.17, 15) is 0 Å². The summed E-state index contributed by atoms with van der Waals surface area (Å²) in [4.78, 5) is 3.00. The summed E-state index contributed by atoms with van der Waals surface area (Å²) in [5, 5.41) is 8.63. The van der Waals surface area contributed by atoms with Gasteiger partial charge in [0.2, 0.25) is 0 Å². The predicted molar refractivity (Wildman–Crippen MR) is 48.5 cm³/mol. The van der Waals surface area contributed by atoms with Crippen LogP contribution in [0.4, 0.5) is 0 Å². The Morgan fingerprint density at radius 3 is 1.08 bits per heavy atom. The molecule has 0 atom stereocenters. The summed E-state index contributed by atoms with van der Waals surface area (Å²) >= 11 is 3.09. The molecule has 0 aromatic carbocycles. The van der Waals surface area contributed by atoms with Gasteiger partial charge < -0.3 is 26.4 Å².